The number of hydrogen-bond acceptors (Lipinski definition) is 5. The zero-order valence-corrected chi connectivity index (χ0v) is 17.9. The molecule has 0 radical (unpaired) electrons. The number of aliphatic hydroxyl groups excluding tert-OH is 1. The largest absolute Gasteiger partial charge is 0.395 e. The molecule has 5 nitrogen and oxygen atoms in total. The number of thiophene rings is 1. The summed E-state index contributed by atoms with van der Waals surface area (Å²) >= 11 is 7.48. The summed E-state index contributed by atoms with van der Waals surface area (Å²) in [7, 11) is 0. The lowest BCUT2D eigenvalue weighted by Gasteiger charge is -2.16. The van der Waals surface area contributed by atoms with Crippen molar-refractivity contribution in [3.05, 3.63) is 87.1 Å². The molecule has 0 aliphatic carbocycles. The van der Waals surface area contributed by atoms with E-state index in [0.717, 1.165) is 33.1 Å². The van der Waals surface area contributed by atoms with Gasteiger partial charge in [0.25, 0.3) is 5.91 Å². The van der Waals surface area contributed by atoms with Crippen LogP contribution >= 0.6 is 22.9 Å². The first-order valence-corrected chi connectivity index (χ1v) is 10.8. The summed E-state index contributed by atoms with van der Waals surface area (Å²) in [5.74, 6) is 0.00703. The third-order valence-corrected chi connectivity index (χ3v) is 6.23. The number of anilines is 2. The number of benzene rings is 2. The van der Waals surface area contributed by atoms with Gasteiger partial charge in [-0.3, -0.25) is 4.79 Å². The lowest BCUT2D eigenvalue weighted by Crippen LogP contribution is -2.23. The van der Waals surface area contributed by atoms with E-state index in [1.165, 1.54) is 11.3 Å². The molecule has 1 aliphatic heterocycles. The maximum atomic E-state index is 13.1. The highest BCUT2D eigenvalue weighted by Gasteiger charge is 2.30. The quantitative estimate of drug-likeness (QED) is 0.460. The number of rotatable bonds is 8. The molecule has 0 unspecified atom stereocenters. The number of carbonyl (C=O) groups excluding carboxylic acids is 1. The van der Waals surface area contributed by atoms with Crippen molar-refractivity contribution < 1.29 is 9.90 Å². The highest BCUT2D eigenvalue weighted by molar-refractivity contribution is 7.17. The van der Waals surface area contributed by atoms with Gasteiger partial charge in [0.1, 0.15) is 0 Å². The standard InChI is InChI=1S/C23H22ClN3O2S/c1-15(20-9-10-21(24)30-20)26-19-4-2-3-17-14-27(23(29)22(17)19)13-16-5-7-18(8-6-16)25-11-12-28/h2-10,25-26,28H,1,11-14H2. The predicted octanol–water partition coefficient (Wildman–Crippen LogP) is 5.04. The number of nitrogens with one attached hydrogen (secondary N) is 2. The topological polar surface area (TPSA) is 64.6 Å². The minimum absolute atomic E-state index is 0.00703. The van der Waals surface area contributed by atoms with Crippen molar-refractivity contribution in [3.63, 3.8) is 0 Å². The number of aliphatic hydroxyl groups is 1. The number of nitrogens with zero attached hydrogens (tertiary/aromatic N) is 1. The molecule has 30 heavy (non-hydrogen) atoms. The molecular weight excluding hydrogens is 418 g/mol. The van der Waals surface area contributed by atoms with Crippen molar-refractivity contribution in [1.82, 2.24) is 4.90 Å². The molecular formula is C23H22ClN3O2S. The van der Waals surface area contributed by atoms with Gasteiger partial charge in [-0.25, -0.2) is 0 Å². The van der Waals surface area contributed by atoms with E-state index in [2.05, 4.69) is 17.2 Å². The lowest BCUT2D eigenvalue weighted by molar-refractivity contribution is 0.0767. The van der Waals surface area contributed by atoms with E-state index in [4.69, 9.17) is 16.7 Å². The SMILES string of the molecule is C=C(Nc1cccc2c1C(=O)N(Cc1ccc(NCCO)cc1)C2)c1ccc(Cl)s1. The molecule has 0 spiro atoms. The van der Waals surface area contributed by atoms with Crippen molar-refractivity contribution in [2.24, 2.45) is 0 Å². The van der Waals surface area contributed by atoms with Crippen molar-refractivity contribution in [1.29, 1.82) is 0 Å². The second-order valence-corrected chi connectivity index (χ2v) is 8.77. The van der Waals surface area contributed by atoms with E-state index in [9.17, 15) is 4.79 Å². The normalized spacial score (nSPS) is 12.7. The molecule has 0 saturated heterocycles. The smallest absolute Gasteiger partial charge is 0.256 e. The van der Waals surface area contributed by atoms with Gasteiger partial charge in [0.05, 0.1) is 27.1 Å². The molecule has 2 heterocycles. The fourth-order valence-electron chi connectivity index (χ4n) is 3.50. The highest BCUT2D eigenvalue weighted by Crippen LogP contribution is 2.33. The van der Waals surface area contributed by atoms with Gasteiger partial charge in [-0.15, -0.1) is 11.3 Å². The zero-order valence-electron chi connectivity index (χ0n) is 16.3. The van der Waals surface area contributed by atoms with E-state index in [-0.39, 0.29) is 12.5 Å². The van der Waals surface area contributed by atoms with Crippen LogP contribution in [0.3, 0.4) is 0 Å². The van der Waals surface area contributed by atoms with Crippen LogP contribution in [0.15, 0.2) is 61.2 Å². The Kier molecular flexibility index (Phi) is 6.08. The summed E-state index contributed by atoms with van der Waals surface area (Å²) in [5.41, 5.74) is 5.18. The number of hydrogen-bond donors (Lipinski definition) is 3. The zero-order chi connectivity index (χ0) is 21.1. The summed E-state index contributed by atoms with van der Waals surface area (Å²) in [5, 5.41) is 15.3. The summed E-state index contributed by atoms with van der Waals surface area (Å²) in [6.07, 6.45) is 0. The van der Waals surface area contributed by atoms with Gasteiger partial charge in [0, 0.05) is 31.0 Å². The van der Waals surface area contributed by atoms with Gasteiger partial charge in [-0.1, -0.05) is 42.4 Å². The van der Waals surface area contributed by atoms with Crippen LogP contribution < -0.4 is 10.6 Å². The summed E-state index contributed by atoms with van der Waals surface area (Å²) in [4.78, 5) is 15.9. The summed E-state index contributed by atoms with van der Waals surface area (Å²) in [6, 6.07) is 17.5. The van der Waals surface area contributed by atoms with E-state index in [0.29, 0.717) is 29.5 Å². The molecule has 1 aromatic heterocycles. The summed E-state index contributed by atoms with van der Waals surface area (Å²) < 4.78 is 0.700. The molecule has 1 aliphatic rings. The van der Waals surface area contributed by atoms with E-state index < -0.39 is 0 Å². The molecule has 2 aromatic carbocycles. The third kappa shape index (κ3) is 4.36. The van der Waals surface area contributed by atoms with Crippen LogP contribution in [0, 0.1) is 0 Å². The van der Waals surface area contributed by atoms with Crippen LogP contribution in [-0.4, -0.2) is 29.1 Å². The van der Waals surface area contributed by atoms with Crippen molar-refractivity contribution in [2.45, 2.75) is 13.1 Å². The Hall–Kier alpha value is -2.80. The van der Waals surface area contributed by atoms with Gasteiger partial charge in [0.2, 0.25) is 0 Å². The highest BCUT2D eigenvalue weighted by atomic mass is 35.5. The van der Waals surface area contributed by atoms with Crippen LogP contribution in [0.2, 0.25) is 4.34 Å². The minimum atomic E-state index is 0.00703. The molecule has 3 N–H and O–H groups in total. The number of amides is 1. The van der Waals surface area contributed by atoms with Gasteiger partial charge >= 0.3 is 0 Å². The fourth-order valence-corrected chi connectivity index (χ4v) is 4.47. The Morgan fingerprint density at radius 1 is 1.17 bits per heavy atom. The maximum absolute atomic E-state index is 13.1. The van der Waals surface area contributed by atoms with Crippen LogP contribution in [0.1, 0.15) is 26.4 Å². The average molecular weight is 440 g/mol. The Balaban J connectivity index is 1.48. The van der Waals surface area contributed by atoms with Crippen molar-refractivity contribution in [3.8, 4) is 0 Å². The van der Waals surface area contributed by atoms with Gasteiger partial charge in [-0.05, 0) is 41.5 Å². The molecule has 7 heteroatoms. The van der Waals surface area contributed by atoms with Crippen LogP contribution in [-0.2, 0) is 13.1 Å². The van der Waals surface area contributed by atoms with Crippen LogP contribution in [0.4, 0.5) is 11.4 Å². The first-order valence-electron chi connectivity index (χ1n) is 9.61. The first-order chi connectivity index (χ1) is 14.5. The van der Waals surface area contributed by atoms with E-state index in [1.54, 1.807) is 0 Å². The molecule has 0 bridgehead atoms. The second-order valence-electron chi connectivity index (χ2n) is 7.06. The van der Waals surface area contributed by atoms with Crippen molar-refractivity contribution in [2.75, 3.05) is 23.8 Å². The third-order valence-electron chi connectivity index (χ3n) is 4.94. The number of halogens is 1. The molecule has 3 aromatic rings. The predicted molar refractivity (Wildman–Crippen MR) is 124 cm³/mol. The Bertz CT molecular complexity index is 1080. The van der Waals surface area contributed by atoms with Crippen LogP contribution in [0.25, 0.3) is 5.70 Å². The van der Waals surface area contributed by atoms with Gasteiger partial charge in [0.15, 0.2) is 0 Å². The van der Waals surface area contributed by atoms with Crippen molar-refractivity contribution >= 4 is 45.9 Å². The second kappa shape index (κ2) is 8.92. The maximum Gasteiger partial charge on any atom is 0.256 e. The fraction of sp³-hybridized carbons (Fsp3) is 0.174. The Labute approximate surface area is 184 Å². The molecule has 0 saturated carbocycles. The first kappa shape index (κ1) is 20.5. The van der Waals surface area contributed by atoms with E-state index in [1.807, 2.05) is 59.5 Å². The van der Waals surface area contributed by atoms with Gasteiger partial charge in [-0.2, -0.15) is 0 Å². The monoisotopic (exact) mass is 439 g/mol. The Morgan fingerprint density at radius 3 is 2.67 bits per heavy atom. The molecule has 4 rings (SSSR count). The Morgan fingerprint density at radius 2 is 1.97 bits per heavy atom. The molecule has 0 atom stereocenters. The minimum Gasteiger partial charge on any atom is -0.395 e. The number of carbonyl (C=O) groups is 1. The summed E-state index contributed by atoms with van der Waals surface area (Å²) in [6.45, 7) is 5.81. The van der Waals surface area contributed by atoms with Gasteiger partial charge < -0.3 is 20.6 Å². The molecule has 154 valence electrons. The average Bonchev–Trinajstić information content (AvgIpc) is 3.32. The lowest BCUT2D eigenvalue weighted by atomic mass is 10.1. The van der Waals surface area contributed by atoms with Crippen LogP contribution in [0.5, 0.6) is 0 Å². The molecule has 0 fully saturated rings. The number of fused-ring (bicyclic) bond motifs is 1. The molecule has 1 amide bonds. The van der Waals surface area contributed by atoms with E-state index >= 15 is 0 Å².